The molecule has 7 nitrogen and oxygen atoms in total. The summed E-state index contributed by atoms with van der Waals surface area (Å²) in [4.78, 5) is 37.5. The van der Waals surface area contributed by atoms with Crippen LogP contribution in [0.25, 0.3) is 0 Å². The minimum absolute atomic E-state index is 0.0615. The highest BCUT2D eigenvalue weighted by molar-refractivity contribution is 8.00. The van der Waals surface area contributed by atoms with Crippen LogP contribution >= 0.6 is 11.8 Å². The molecule has 0 spiro atoms. The standard InChI is InChI=1S/C17H15N3O4S/c1-11-12(5-4-7-13(11)20(23)24)18-16(21)9-19-14-6-2-3-8-15(14)25-10-17(19)22/h2-8H,9-10H2,1H3,(H,18,21). The van der Waals surface area contributed by atoms with Crippen LogP contribution in [0.3, 0.4) is 0 Å². The highest BCUT2D eigenvalue weighted by Gasteiger charge is 2.26. The van der Waals surface area contributed by atoms with Gasteiger partial charge in [0.25, 0.3) is 5.69 Å². The molecular weight excluding hydrogens is 342 g/mol. The second kappa shape index (κ2) is 6.94. The molecule has 2 amide bonds. The van der Waals surface area contributed by atoms with Crippen LogP contribution in [0.15, 0.2) is 47.4 Å². The van der Waals surface area contributed by atoms with Gasteiger partial charge in [-0.15, -0.1) is 11.8 Å². The van der Waals surface area contributed by atoms with Gasteiger partial charge in [0.15, 0.2) is 0 Å². The molecule has 2 aromatic carbocycles. The number of carbonyl (C=O) groups is 2. The largest absolute Gasteiger partial charge is 0.324 e. The Hall–Kier alpha value is -2.87. The summed E-state index contributed by atoms with van der Waals surface area (Å²) in [5, 5.41) is 13.7. The van der Waals surface area contributed by atoms with Gasteiger partial charge in [-0.05, 0) is 25.1 Å². The number of anilines is 2. The zero-order valence-corrected chi connectivity index (χ0v) is 14.2. The monoisotopic (exact) mass is 357 g/mol. The summed E-state index contributed by atoms with van der Waals surface area (Å²) >= 11 is 1.44. The van der Waals surface area contributed by atoms with Gasteiger partial charge in [0, 0.05) is 11.0 Å². The Morgan fingerprint density at radius 3 is 2.80 bits per heavy atom. The summed E-state index contributed by atoms with van der Waals surface area (Å²) in [5.74, 6) is -0.270. The smallest absolute Gasteiger partial charge is 0.274 e. The van der Waals surface area contributed by atoms with Crippen molar-refractivity contribution in [1.82, 2.24) is 0 Å². The van der Waals surface area contributed by atoms with Crippen molar-refractivity contribution >= 4 is 40.6 Å². The molecular formula is C17H15N3O4S. The third-order valence-corrected chi connectivity index (χ3v) is 4.93. The summed E-state index contributed by atoms with van der Waals surface area (Å²) in [6, 6.07) is 11.9. The number of carbonyl (C=O) groups excluding carboxylic acids is 2. The number of para-hydroxylation sites is 1. The molecule has 0 aromatic heterocycles. The van der Waals surface area contributed by atoms with E-state index in [4.69, 9.17) is 0 Å². The van der Waals surface area contributed by atoms with Crippen LogP contribution in [-0.2, 0) is 9.59 Å². The average Bonchev–Trinajstić information content (AvgIpc) is 2.59. The van der Waals surface area contributed by atoms with Crippen molar-refractivity contribution in [3.8, 4) is 0 Å². The van der Waals surface area contributed by atoms with Gasteiger partial charge in [0.05, 0.1) is 27.6 Å². The second-order valence-electron chi connectivity index (χ2n) is 5.49. The van der Waals surface area contributed by atoms with Gasteiger partial charge >= 0.3 is 0 Å². The molecule has 0 fully saturated rings. The van der Waals surface area contributed by atoms with Gasteiger partial charge in [-0.25, -0.2) is 0 Å². The molecule has 8 heteroatoms. The quantitative estimate of drug-likeness (QED) is 0.671. The maximum absolute atomic E-state index is 12.4. The zero-order chi connectivity index (χ0) is 18.0. The first kappa shape index (κ1) is 17.0. The summed E-state index contributed by atoms with van der Waals surface area (Å²) in [5.41, 5.74) is 1.39. The Morgan fingerprint density at radius 2 is 2.04 bits per heavy atom. The lowest BCUT2D eigenvalue weighted by Gasteiger charge is -2.28. The normalized spacial score (nSPS) is 13.3. The fourth-order valence-corrected chi connectivity index (χ4v) is 3.55. The molecule has 0 bridgehead atoms. The van der Waals surface area contributed by atoms with E-state index in [1.165, 1.54) is 28.8 Å². The Morgan fingerprint density at radius 1 is 1.28 bits per heavy atom. The minimum atomic E-state index is -0.493. The van der Waals surface area contributed by atoms with E-state index in [-0.39, 0.29) is 23.9 Å². The number of nitro benzene ring substituents is 1. The zero-order valence-electron chi connectivity index (χ0n) is 13.4. The Labute approximate surface area is 148 Å². The molecule has 1 N–H and O–H groups in total. The number of amides is 2. The van der Waals surface area contributed by atoms with Crippen molar-refractivity contribution in [2.24, 2.45) is 0 Å². The molecule has 0 saturated heterocycles. The number of nitrogens with one attached hydrogen (secondary N) is 1. The lowest BCUT2D eigenvalue weighted by atomic mass is 10.1. The van der Waals surface area contributed by atoms with Crippen LogP contribution in [-0.4, -0.2) is 29.0 Å². The fourth-order valence-electron chi connectivity index (χ4n) is 2.62. The Bertz CT molecular complexity index is 869. The molecule has 1 aliphatic heterocycles. The van der Waals surface area contributed by atoms with Gasteiger partial charge < -0.3 is 10.2 Å². The van der Waals surface area contributed by atoms with Crippen LogP contribution in [0, 0.1) is 17.0 Å². The first-order valence-corrected chi connectivity index (χ1v) is 8.52. The second-order valence-corrected chi connectivity index (χ2v) is 6.51. The number of fused-ring (bicyclic) bond motifs is 1. The third-order valence-electron chi connectivity index (χ3n) is 3.89. The van der Waals surface area contributed by atoms with E-state index < -0.39 is 10.8 Å². The summed E-state index contributed by atoms with van der Waals surface area (Å²) in [6.07, 6.45) is 0. The SMILES string of the molecule is Cc1c(NC(=O)CN2C(=O)CSc3ccccc32)cccc1[N+](=O)[O-]. The van der Waals surface area contributed by atoms with Crippen LogP contribution < -0.4 is 10.2 Å². The first-order valence-electron chi connectivity index (χ1n) is 7.53. The fraction of sp³-hybridized carbons (Fsp3) is 0.176. The number of nitro groups is 1. The summed E-state index contributed by atoms with van der Waals surface area (Å²) < 4.78 is 0. The predicted octanol–water partition coefficient (Wildman–Crippen LogP) is 2.98. The molecule has 0 aliphatic carbocycles. The van der Waals surface area contributed by atoms with E-state index >= 15 is 0 Å². The van der Waals surface area contributed by atoms with Crippen LogP contribution in [0.4, 0.5) is 17.1 Å². The molecule has 128 valence electrons. The first-order chi connectivity index (χ1) is 12.0. The van der Waals surface area contributed by atoms with E-state index in [2.05, 4.69) is 5.32 Å². The lowest BCUT2D eigenvalue weighted by Crippen LogP contribution is -2.41. The van der Waals surface area contributed by atoms with E-state index in [1.54, 1.807) is 19.1 Å². The van der Waals surface area contributed by atoms with Crippen LogP contribution in [0.5, 0.6) is 0 Å². The highest BCUT2D eigenvalue weighted by atomic mass is 32.2. The van der Waals surface area contributed by atoms with Crippen molar-refractivity contribution in [2.75, 3.05) is 22.5 Å². The van der Waals surface area contributed by atoms with Crippen molar-refractivity contribution in [3.63, 3.8) is 0 Å². The predicted molar refractivity (Wildman–Crippen MR) is 96.0 cm³/mol. The Balaban J connectivity index is 1.79. The van der Waals surface area contributed by atoms with Crippen molar-refractivity contribution < 1.29 is 14.5 Å². The molecule has 1 aliphatic rings. The highest BCUT2D eigenvalue weighted by Crippen LogP contribution is 2.34. The molecule has 0 unspecified atom stereocenters. The van der Waals surface area contributed by atoms with Gasteiger partial charge in [0.2, 0.25) is 11.8 Å². The van der Waals surface area contributed by atoms with Gasteiger partial charge in [-0.1, -0.05) is 18.2 Å². The van der Waals surface area contributed by atoms with Gasteiger partial charge in [0.1, 0.15) is 6.54 Å². The summed E-state index contributed by atoms with van der Waals surface area (Å²) in [7, 11) is 0. The topological polar surface area (TPSA) is 92.6 Å². The van der Waals surface area contributed by atoms with Crippen molar-refractivity contribution in [2.45, 2.75) is 11.8 Å². The van der Waals surface area contributed by atoms with E-state index in [1.807, 2.05) is 18.2 Å². The maximum Gasteiger partial charge on any atom is 0.274 e. The van der Waals surface area contributed by atoms with Gasteiger partial charge in [-0.3, -0.25) is 19.7 Å². The van der Waals surface area contributed by atoms with E-state index in [0.717, 1.165) is 4.90 Å². The number of hydrogen-bond acceptors (Lipinski definition) is 5. The number of benzene rings is 2. The molecule has 0 atom stereocenters. The average molecular weight is 357 g/mol. The van der Waals surface area contributed by atoms with Crippen molar-refractivity contribution in [1.29, 1.82) is 0 Å². The lowest BCUT2D eigenvalue weighted by molar-refractivity contribution is -0.385. The number of rotatable bonds is 4. The van der Waals surface area contributed by atoms with E-state index in [9.17, 15) is 19.7 Å². The molecule has 3 rings (SSSR count). The molecule has 1 heterocycles. The number of hydrogen-bond donors (Lipinski definition) is 1. The number of thioether (sulfide) groups is 1. The third kappa shape index (κ3) is 3.48. The van der Waals surface area contributed by atoms with Crippen LogP contribution in [0.1, 0.15) is 5.56 Å². The van der Waals surface area contributed by atoms with Gasteiger partial charge in [-0.2, -0.15) is 0 Å². The van der Waals surface area contributed by atoms with Crippen molar-refractivity contribution in [3.05, 3.63) is 58.1 Å². The van der Waals surface area contributed by atoms with E-state index in [0.29, 0.717) is 16.9 Å². The maximum atomic E-state index is 12.4. The Kier molecular flexibility index (Phi) is 4.71. The van der Waals surface area contributed by atoms with Crippen LogP contribution in [0.2, 0.25) is 0 Å². The summed E-state index contributed by atoms with van der Waals surface area (Å²) in [6.45, 7) is 1.43. The number of nitrogens with zero attached hydrogens (tertiary/aromatic N) is 2. The minimum Gasteiger partial charge on any atom is -0.324 e. The molecule has 2 aromatic rings. The molecule has 0 radical (unpaired) electrons. The molecule has 25 heavy (non-hydrogen) atoms. The molecule has 0 saturated carbocycles.